The average Bonchev–Trinajstić information content (AvgIpc) is 3.49. The number of ether oxygens (including phenoxy) is 2. The van der Waals surface area contributed by atoms with Crippen molar-refractivity contribution in [2.24, 2.45) is 0 Å². The number of nitrogens with one attached hydrogen (secondary N) is 2. The SMILES string of the molecule is O=C(Nc1ccn([C@H]2O[C@H]3C(OP(=O)(O)OC4C[C@H](n5cc(F)c(=O)[nH]c5=O)O[C@@H]4CO)=CC3(O)C2O)c(=O)n1)c1ccccc1. The van der Waals surface area contributed by atoms with E-state index >= 15 is 0 Å². The lowest BCUT2D eigenvalue weighted by Gasteiger charge is -2.37. The van der Waals surface area contributed by atoms with Gasteiger partial charge in [0.05, 0.1) is 12.8 Å². The van der Waals surface area contributed by atoms with Gasteiger partial charge in [-0.25, -0.2) is 14.2 Å². The second kappa shape index (κ2) is 11.8. The van der Waals surface area contributed by atoms with Crippen LogP contribution in [0.1, 0.15) is 29.2 Å². The molecule has 2 aliphatic heterocycles. The summed E-state index contributed by atoms with van der Waals surface area (Å²) in [6, 6.07) is 9.40. The molecule has 18 nitrogen and oxygen atoms in total. The molecule has 6 N–H and O–H groups in total. The third-order valence-electron chi connectivity index (χ3n) is 7.54. The van der Waals surface area contributed by atoms with E-state index in [2.05, 4.69) is 10.3 Å². The summed E-state index contributed by atoms with van der Waals surface area (Å²) in [6.07, 6.45) is -6.53. The summed E-state index contributed by atoms with van der Waals surface area (Å²) < 4.78 is 49.4. The molecular formula is C26H25FN5O13P. The number of H-pyrrole nitrogens is 1. The number of hydrogen-bond acceptors (Lipinski definition) is 13. The van der Waals surface area contributed by atoms with Crippen LogP contribution in [0.3, 0.4) is 0 Å². The smallest absolute Gasteiger partial charge is 0.406 e. The highest BCUT2D eigenvalue weighted by molar-refractivity contribution is 7.47. The van der Waals surface area contributed by atoms with Crippen LogP contribution in [0.5, 0.6) is 0 Å². The molecule has 6 rings (SSSR count). The van der Waals surface area contributed by atoms with Crippen molar-refractivity contribution in [1.82, 2.24) is 19.1 Å². The molecule has 2 aromatic heterocycles. The normalized spacial score (nSPS) is 29.7. The van der Waals surface area contributed by atoms with Gasteiger partial charge in [0.15, 0.2) is 12.3 Å². The molecule has 4 unspecified atom stereocenters. The Morgan fingerprint density at radius 2 is 1.93 bits per heavy atom. The van der Waals surface area contributed by atoms with Crippen LogP contribution < -0.4 is 22.3 Å². The average molecular weight is 665 g/mol. The van der Waals surface area contributed by atoms with Crippen LogP contribution in [0.4, 0.5) is 10.2 Å². The van der Waals surface area contributed by atoms with Gasteiger partial charge >= 0.3 is 19.2 Å². The second-order valence-corrected chi connectivity index (χ2v) is 11.8. The van der Waals surface area contributed by atoms with E-state index in [0.717, 1.165) is 16.8 Å². The molecule has 0 bridgehead atoms. The van der Waals surface area contributed by atoms with Crippen LogP contribution in [-0.2, 0) is 23.1 Å². The standard InChI is InChI=1S/C26H25FN5O13P/c27-13-10-32(25(38)30-22(13)36)18-8-14(16(11-33)42-18)44-46(40,41)45-15-9-26(39)19(34)23(43-20(15)26)31-7-6-17(29-24(31)37)28-21(35)12-4-2-1-3-5-12/h1-7,9-10,14,16,18-20,23,33-34,39H,8,11H2,(H,40,41)(H,30,36,38)(H,28,29,35,37)/t14?,16-,18-,19?,20+,23+,26?/m1/s1. The lowest BCUT2D eigenvalue weighted by Crippen LogP contribution is -2.53. The molecular weight excluding hydrogens is 640 g/mol. The summed E-state index contributed by atoms with van der Waals surface area (Å²) in [6.45, 7) is -0.749. The minimum Gasteiger partial charge on any atom is -0.406 e. The summed E-state index contributed by atoms with van der Waals surface area (Å²) >= 11 is 0. The Morgan fingerprint density at radius 1 is 1.20 bits per heavy atom. The number of phosphoric acid groups is 1. The van der Waals surface area contributed by atoms with Gasteiger partial charge < -0.3 is 34.6 Å². The lowest BCUT2D eigenvalue weighted by atomic mass is 9.81. The molecule has 1 amide bonds. The van der Waals surface area contributed by atoms with Gasteiger partial charge in [-0.05, 0) is 24.3 Å². The number of anilines is 1. The highest BCUT2D eigenvalue weighted by Crippen LogP contribution is 2.56. The highest BCUT2D eigenvalue weighted by atomic mass is 31.2. The molecule has 8 atom stereocenters. The number of aliphatic hydroxyl groups excluding tert-OH is 2. The zero-order valence-electron chi connectivity index (χ0n) is 23.2. The van der Waals surface area contributed by atoms with Gasteiger partial charge in [0, 0.05) is 18.2 Å². The Kier molecular flexibility index (Phi) is 8.11. The fourth-order valence-electron chi connectivity index (χ4n) is 5.26. The van der Waals surface area contributed by atoms with Gasteiger partial charge in [-0.15, -0.1) is 0 Å². The van der Waals surface area contributed by atoms with Crippen molar-refractivity contribution in [3.63, 3.8) is 0 Å². The Labute approximate surface area is 255 Å². The molecule has 3 aromatic rings. The van der Waals surface area contributed by atoms with E-state index < -0.39 is 91.3 Å². The molecule has 2 fully saturated rings. The number of rotatable bonds is 9. The first kappa shape index (κ1) is 31.6. The monoisotopic (exact) mass is 665 g/mol. The van der Waals surface area contributed by atoms with Crippen molar-refractivity contribution < 1.29 is 52.5 Å². The summed E-state index contributed by atoms with van der Waals surface area (Å²) in [5, 5.41) is 33.8. The quantitative estimate of drug-likeness (QED) is 0.148. The van der Waals surface area contributed by atoms with Crippen LogP contribution in [0.25, 0.3) is 0 Å². The number of hydrogen-bond donors (Lipinski definition) is 6. The summed E-state index contributed by atoms with van der Waals surface area (Å²) in [5.41, 5.74) is -5.10. The zero-order chi connectivity index (χ0) is 33.0. The predicted octanol–water partition coefficient (Wildman–Crippen LogP) is -1.15. The summed E-state index contributed by atoms with van der Waals surface area (Å²) in [7, 11) is -5.08. The van der Waals surface area contributed by atoms with Gasteiger partial charge in [-0.3, -0.25) is 33.1 Å². The topological polar surface area (TPSA) is 254 Å². The van der Waals surface area contributed by atoms with Crippen LogP contribution in [-0.4, -0.2) is 81.8 Å². The van der Waals surface area contributed by atoms with E-state index in [-0.39, 0.29) is 12.2 Å². The van der Waals surface area contributed by atoms with E-state index in [9.17, 15) is 48.3 Å². The Morgan fingerprint density at radius 3 is 2.63 bits per heavy atom. The van der Waals surface area contributed by atoms with Gasteiger partial charge in [-0.1, -0.05) is 18.2 Å². The molecule has 244 valence electrons. The highest BCUT2D eigenvalue weighted by Gasteiger charge is 2.64. The number of aliphatic hydroxyl groups is 3. The van der Waals surface area contributed by atoms with Crippen molar-refractivity contribution in [2.75, 3.05) is 11.9 Å². The van der Waals surface area contributed by atoms with Crippen LogP contribution >= 0.6 is 7.82 Å². The Balaban J connectivity index is 1.11. The lowest BCUT2D eigenvalue weighted by molar-refractivity contribution is -0.0715. The number of aromatic nitrogens is 4. The fourth-order valence-corrected chi connectivity index (χ4v) is 6.28. The second-order valence-electron chi connectivity index (χ2n) is 10.5. The number of carbonyl (C=O) groups excluding carboxylic acids is 1. The molecule has 46 heavy (non-hydrogen) atoms. The van der Waals surface area contributed by atoms with Crippen molar-refractivity contribution >= 4 is 19.5 Å². The van der Waals surface area contributed by atoms with Gasteiger partial charge in [-0.2, -0.15) is 9.37 Å². The number of carbonyl (C=O) groups is 1. The largest absolute Gasteiger partial charge is 0.527 e. The molecule has 0 spiro atoms. The first-order chi connectivity index (χ1) is 21.8. The summed E-state index contributed by atoms with van der Waals surface area (Å²) in [4.78, 5) is 64.5. The fraction of sp³-hybridized carbons (Fsp3) is 0.346. The zero-order valence-corrected chi connectivity index (χ0v) is 24.1. The molecule has 3 aliphatic rings. The maximum absolute atomic E-state index is 13.8. The number of fused-ring (bicyclic) bond motifs is 1. The van der Waals surface area contributed by atoms with Crippen molar-refractivity contribution in [3.05, 3.63) is 103 Å². The van der Waals surface area contributed by atoms with Crippen molar-refractivity contribution in [2.45, 2.75) is 48.9 Å². The maximum Gasteiger partial charge on any atom is 0.527 e. The molecule has 1 aliphatic carbocycles. The third-order valence-corrected chi connectivity index (χ3v) is 8.52. The number of amides is 1. The predicted molar refractivity (Wildman–Crippen MR) is 149 cm³/mol. The molecule has 1 aromatic carbocycles. The van der Waals surface area contributed by atoms with Gasteiger partial charge in [0.1, 0.15) is 41.7 Å². The minimum absolute atomic E-state index is 0.0975. The van der Waals surface area contributed by atoms with Crippen molar-refractivity contribution in [3.8, 4) is 0 Å². The van der Waals surface area contributed by atoms with E-state index in [0.29, 0.717) is 16.3 Å². The first-order valence-electron chi connectivity index (χ1n) is 13.5. The number of nitrogens with zero attached hydrogens (tertiary/aromatic N) is 3. The van der Waals surface area contributed by atoms with Crippen molar-refractivity contribution in [1.29, 1.82) is 0 Å². The molecule has 0 saturated carbocycles. The molecule has 0 radical (unpaired) electrons. The van der Waals surface area contributed by atoms with Gasteiger partial charge in [0.25, 0.3) is 11.5 Å². The third kappa shape index (κ3) is 5.74. The number of halogens is 1. The van der Waals surface area contributed by atoms with Crippen LogP contribution in [0.2, 0.25) is 0 Å². The maximum atomic E-state index is 13.8. The summed E-state index contributed by atoms with van der Waals surface area (Å²) in [5.74, 6) is -2.35. The number of benzene rings is 1. The number of phosphoric ester groups is 1. The number of aromatic amines is 1. The van der Waals surface area contributed by atoms with Gasteiger partial charge in [0.2, 0.25) is 5.82 Å². The first-order valence-corrected chi connectivity index (χ1v) is 15.0. The van der Waals surface area contributed by atoms with Crippen LogP contribution in [0, 0.1) is 5.82 Å². The van der Waals surface area contributed by atoms with E-state index in [4.69, 9.17) is 18.5 Å². The molecule has 4 heterocycles. The molecule has 2 saturated heterocycles. The van der Waals surface area contributed by atoms with Crippen LogP contribution in [0.15, 0.2) is 75.0 Å². The Hall–Kier alpha value is -4.33. The Bertz CT molecular complexity index is 1930. The van der Waals surface area contributed by atoms with E-state index in [1.54, 1.807) is 35.3 Å². The minimum atomic E-state index is -5.08. The van der Waals surface area contributed by atoms with E-state index in [1.807, 2.05) is 0 Å². The van der Waals surface area contributed by atoms with E-state index in [1.165, 1.54) is 6.07 Å². The molecule has 20 heteroatoms.